The highest BCUT2D eigenvalue weighted by atomic mass is 19.1. The van der Waals surface area contributed by atoms with E-state index in [0.29, 0.717) is 29.9 Å². The molecule has 0 spiro atoms. The fourth-order valence-corrected chi connectivity index (χ4v) is 3.25. The van der Waals surface area contributed by atoms with Crippen LogP contribution in [0.3, 0.4) is 0 Å². The maximum absolute atomic E-state index is 13.5. The fraction of sp³-hybridized carbons (Fsp3) is 0.471. The van der Waals surface area contributed by atoms with E-state index in [2.05, 4.69) is 10.4 Å². The van der Waals surface area contributed by atoms with Crippen molar-refractivity contribution in [3.05, 3.63) is 35.4 Å². The molecule has 6 heteroatoms. The third kappa shape index (κ3) is 3.35. The molecule has 1 aliphatic carbocycles. The number of halogens is 3. The minimum Gasteiger partial charge on any atom is -0.366 e. The van der Waals surface area contributed by atoms with Crippen molar-refractivity contribution in [1.82, 2.24) is 9.78 Å². The predicted molar refractivity (Wildman–Crippen MR) is 84.1 cm³/mol. The summed E-state index contributed by atoms with van der Waals surface area (Å²) >= 11 is 0. The van der Waals surface area contributed by atoms with Crippen LogP contribution in [0, 0.1) is 18.6 Å². The standard InChI is InChI=1S/C17H20F3N3/c1-10-16(11-7-13(19)9-14(20)8-11)23(2)22-17(10)21-15-5-3-12(18)4-6-15/h7-9,12,15H,3-6H2,1-2H3,(H,21,22). The van der Waals surface area contributed by atoms with Crippen molar-refractivity contribution in [1.29, 1.82) is 0 Å². The van der Waals surface area contributed by atoms with E-state index < -0.39 is 17.8 Å². The molecule has 1 heterocycles. The lowest BCUT2D eigenvalue weighted by Gasteiger charge is -2.25. The molecule has 2 aromatic rings. The molecular weight excluding hydrogens is 303 g/mol. The number of rotatable bonds is 3. The summed E-state index contributed by atoms with van der Waals surface area (Å²) in [6.07, 6.45) is 1.95. The zero-order valence-corrected chi connectivity index (χ0v) is 13.2. The van der Waals surface area contributed by atoms with Crippen molar-refractivity contribution in [2.24, 2.45) is 7.05 Å². The van der Waals surface area contributed by atoms with Gasteiger partial charge < -0.3 is 5.32 Å². The van der Waals surface area contributed by atoms with Gasteiger partial charge in [-0.1, -0.05) is 0 Å². The fourth-order valence-electron chi connectivity index (χ4n) is 3.25. The smallest absolute Gasteiger partial charge is 0.151 e. The number of hydrogen-bond acceptors (Lipinski definition) is 2. The largest absolute Gasteiger partial charge is 0.366 e. The number of hydrogen-bond donors (Lipinski definition) is 1. The van der Waals surface area contributed by atoms with Crippen molar-refractivity contribution in [2.45, 2.75) is 44.8 Å². The van der Waals surface area contributed by atoms with Gasteiger partial charge in [-0.05, 0) is 44.7 Å². The summed E-state index contributed by atoms with van der Waals surface area (Å²) in [5, 5.41) is 7.77. The maximum Gasteiger partial charge on any atom is 0.151 e. The summed E-state index contributed by atoms with van der Waals surface area (Å²) in [6, 6.07) is 3.63. The van der Waals surface area contributed by atoms with E-state index in [9.17, 15) is 13.2 Å². The number of aryl methyl sites for hydroxylation is 1. The van der Waals surface area contributed by atoms with E-state index in [4.69, 9.17) is 0 Å². The molecule has 1 N–H and O–H groups in total. The Hall–Kier alpha value is -1.98. The Bertz CT molecular complexity index is 683. The van der Waals surface area contributed by atoms with Crippen LogP contribution >= 0.6 is 0 Å². The molecule has 0 unspecified atom stereocenters. The number of anilines is 1. The highest BCUT2D eigenvalue weighted by Gasteiger charge is 2.23. The van der Waals surface area contributed by atoms with Gasteiger partial charge in [0.15, 0.2) is 5.82 Å². The zero-order valence-electron chi connectivity index (χ0n) is 13.2. The molecule has 0 saturated heterocycles. The SMILES string of the molecule is Cc1c(NC2CCC(F)CC2)nn(C)c1-c1cc(F)cc(F)c1. The molecule has 1 aromatic heterocycles. The topological polar surface area (TPSA) is 29.9 Å². The third-order valence-corrected chi connectivity index (χ3v) is 4.42. The van der Waals surface area contributed by atoms with Gasteiger partial charge in [0.05, 0.1) is 5.69 Å². The third-order valence-electron chi connectivity index (χ3n) is 4.42. The Morgan fingerprint density at radius 2 is 1.70 bits per heavy atom. The molecule has 3 nitrogen and oxygen atoms in total. The summed E-state index contributed by atoms with van der Waals surface area (Å²) in [6.45, 7) is 1.87. The van der Waals surface area contributed by atoms with Gasteiger partial charge in [0.1, 0.15) is 17.8 Å². The molecule has 0 atom stereocenters. The van der Waals surface area contributed by atoms with E-state index in [1.807, 2.05) is 6.92 Å². The normalized spacial score (nSPS) is 21.4. The van der Waals surface area contributed by atoms with Gasteiger partial charge in [0.25, 0.3) is 0 Å². The lowest BCUT2D eigenvalue weighted by Crippen LogP contribution is -2.27. The molecule has 1 fully saturated rings. The summed E-state index contributed by atoms with van der Waals surface area (Å²) in [5.74, 6) is -0.540. The lowest BCUT2D eigenvalue weighted by atomic mass is 9.94. The van der Waals surface area contributed by atoms with Crippen molar-refractivity contribution in [3.63, 3.8) is 0 Å². The van der Waals surface area contributed by atoms with Gasteiger partial charge in [-0.25, -0.2) is 13.2 Å². The molecule has 23 heavy (non-hydrogen) atoms. The van der Waals surface area contributed by atoms with Crippen molar-refractivity contribution >= 4 is 5.82 Å². The van der Waals surface area contributed by atoms with Gasteiger partial charge in [-0.15, -0.1) is 0 Å². The number of nitrogens with one attached hydrogen (secondary N) is 1. The number of alkyl halides is 1. The summed E-state index contributed by atoms with van der Waals surface area (Å²) in [7, 11) is 1.74. The molecule has 0 aliphatic heterocycles. The van der Waals surface area contributed by atoms with Crippen LogP contribution in [0.2, 0.25) is 0 Å². The molecule has 3 rings (SSSR count). The molecule has 1 aromatic carbocycles. The van der Waals surface area contributed by atoms with E-state index in [1.54, 1.807) is 11.7 Å². The first kappa shape index (κ1) is 15.9. The maximum atomic E-state index is 13.5. The summed E-state index contributed by atoms with van der Waals surface area (Å²) in [4.78, 5) is 0. The first-order chi connectivity index (χ1) is 10.9. The Labute approximate surface area is 133 Å². The monoisotopic (exact) mass is 323 g/mol. The minimum atomic E-state index is -0.705. The van der Waals surface area contributed by atoms with Crippen LogP contribution < -0.4 is 5.32 Å². The van der Waals surface area contributed by atoms with Gasteiger partial charge in [-0.3, -0.25) is 4.68 Å². The van der Waals surface area contributed by atoms with Crippen LogP contribution in [0.4, 0.5) is 19.0 Å². The molecule has 1 saturated carbocycles. The number of aromatic nitrogens is 2. The van der Waals surface area contributed by atoms with Crippen molar-refractivity contribution in [3.8, 4) is 11.3 Å². The lowest BCUT2D eigenvalue weighted by molar-refractivity contribution is 0.241. The second-order valence-electron chi connectivity index (χ2n) is 6.20. The number of nitrogens with zero attached hydrogens (tertiary/aromatic N) is 2. The first-order valence-electron chi connectivity index (χ1n) is 7.84. The quantitative estimate of drug-likeness (QED) is 0.909. The van der Waals surface area contributed by atoms with Crippen LogP contribution in [0.5, 0.6) is 0 Å². The van der Waals surface area contributed by atoms with Gasteiger partial charge in [-0.2, -0.15) is 5.10 Å². The Balaban J connectivity index is 1.87. The molecular formula is C17H20F3N3. The molecule has 0 amide bonds. The second kappa shape index (κ2) is 6.26. The average Bonchev–Trinajstić information content (AvgIpc) is 2.75. The minimum absolute atomic E-state index is 0.188. The van der Waals surface area contributed by atoms with Crippen LogP contribution in [0.15, 0.2) is 18.2 Å². The number of benzene rings is 1. The molecule has 1 aliphatic rings. The predicted octanol–water partition coefficient (Wildman–Crippen LogP) is 4.37. The van der Waals surface area contributed by atoms with Crippen LogP contribution in [0.1, 0.15) is 31.2 Å². The van der Waals surface area contributed by atoms with Gasteiger partial charge >= 0.3 is 0 Å². The zero-order chi connectivity index (χ0) is 16.6. The Kier molecular flexibility index (Phi) is 4.33. The van der Waals surface area contributed by atoms with E-state index in [1.165, 1.54) is 12.1 Å². The van der Waals surface area contributed by atoms with E-state index in [-0.39, 0.29) is 6.04 Å². The van der Waals surface area contributed by atoms with Crippen molar-refractivity contribution < 1.29 is 13.2 Å². The molecule has 0 radical (unpaired) electrons. The highest BCUT2D eigenvalue weighted by molar-refractivity contribution is 5.69. The molecule has 124 valence electrons. The Morgan fingerprint density at radius 1 is 1.09 bits per heavy atom. The van der Waals surface area contributed by atoms with Crippen LogP contribution in [-0.4, -0.2) is 22.0 Å². The summed E-state index contributed by atoms with van der Waals surface area (Å²) < 4.78 is 41.8. The van der Waals surface area contributed by atoms with Crippen LogP contribution in [-0.2, 0) is 7.05 Å². The summed E-state index contributed by atoms with van der Waals surface area (Å²) in [5.41, 5.74) is 1.96. The second-order valence-corrected chi connectivity index (χ2v) is 6.20. The van der Waals surface area contributed by atoms with E-state index >= 15 is 0 Å². The van der Waals surface area contributed by atoms with Gasteiger partial charge in [0, 0.05) is 30.3 Å². The Morgan fingerprint density at radius 3 is 2.30 bits per heavy atom. The van der Waals surface area contributed by atoms with Crippen molar-refractivity contribution in [2.75, 3.05) is 5.32 Å². The average molecular weight is 323 g/mol. The first-order valence-corrected chi connectivity index (χ1v) is 7.84. The van der Waals surface area contributed by atoms with Gasteiger partial charge in [0.2, 0.25) is 0 Å². The molecule has 0 bridgehead atoms. The highest BCUT2D eigenvalue weighted by Crippen LogP contribution is 2.31. The van der Waals surface area contributed by atoms with E-state index in [0.717, 1.165) is 24.5 Å². The van der Waals surface area contributed by atoms with Crippen LogP contribution in [0.25, 0.3) is 11.3 Å².